The molecular formula is C10H10F2N2O3. The summed E-state index contributed by atoms with van der Waals surface area (Å²) in [6, 6.07) is 8.37. The van der Waals surface area contributed by atoms with Crippen molar-refractivity contribution in [3.8, 4) is 0 Å². The molecule has 0 bridgehead atoms. The molecule has 0 spiro atoms. The number of nitrogens with one attached hydrogen (secondary N) is 1. The highest BCUT2D eigenvalue weighted by atomic mass is 19.3. The summed E-state index contributed by atoms with van der Waals surface area (Å²) < 4.78 is 29.1. The van der Waals surface area contributed by atoms with Crippen LogP contribution < -0.4 is 5.32 Å². The lowest BCUT2D eigenvalue weighted by molar-refractivity contribution is -0.549. The predicted octanol–water partition coefficient (Wildman–Crippen LogP) is 2.08. The predicted molar refractivity (Wildman–Crippen MR) is 55.3 cm³/mol. The summed E-state index contributed by atoms with van der Waals surface area (Å²) >= 11 is 0. The maximum absolute atomic E-state index is 12.5. The van der Waals surface area contributed by atoms with Crippen molar-refractivity contribution < 1.29 is 18.4 Å². The monoisotopic (exact) mass is 244 g/mol. The van der Waals surface area contributed by atoms with E-state index in [-0.39, 0.29) is 0 Å². The Balaban J connectivity index is 2.02. The number of benzene rings is 1. The summed E-state index contributed by atoms with van der Waals surface area (Å²) in [5.41, 5.74) is 0.494. The Morgan fingerprint density at radius 1 is 1.47 bits per heavy atom. The third-order valence-corrected chi connectivity index (χ3v) is 2.43. The Hall–Kier alpha value is -1.76. The topological polar surface area (TPSA) is 64.4 Å². The van der Waals surface area contributed by atoms with Crippen molar-refractivity contribution in [1.29, 1.82) is 0 Å². The van der Waals surface area contributed by atoms with Gasteiger partial charge in [-0.05, 0) is 12.1 Å². The van der Waals surface area contributed by atoms with E-state index in [1.165, 1.54) is 0 Å². The van der Waals surface area contributed by atoms with Crippen LogP contribution in [0.5, 0.6) is 0 Å². The molecule has 1 heterocycles. The van der Waals surface area contributed by atoms with Crippen LogP contribution in [0, 0.1) is 10.1 Å². The highest BCUT2D eigenvalue weighted by Crippen LogP contribution is 2.37. The van der Waals surface area contributed by atoms with E-state index in [4.69, 9.17) is 0 Å². The van der Waals surface area contributed by atoms with Crippen molar-refractivity contribution in [2.75, 3.05) is 5.32 Å². The summed E-state index contributed by atoms with van der Waals surface area (Å²) in [4.78, 5) is 10.1. The van der Waals surface area contributed by atoms with E-state index in [0.29, 0.717) is 5.69 Å². The van der Waals surface area contributed by atoms with Crippen LogP contribution in [0.15, 0.2) is 30.3 Å². The molecule has 0 radical (unpaired) electrons. The van der Waals surface area contributed by atoms with Crippen LogP contribution >= 0.6 is 0 Å². The van der Waals surface area contributed by atoms with Gasteiger partial charge >= 0.3 is 12.3 Å². The number of para-hydroxylation sites is 1. The smallest absolute Gasteiger partial charge is 0.321 e. The van der Waals surface area contributed by atoms with E-state index in [1.807, 2.05) is 0 Å². The molecule has 92 valence electrons. The van der Waals surface area contributed by atoms with Gasteiger partial charge in [-0.25, -0.2) is 0 Å². The molecule has 1 saturated heterocycles. The average Bonchev–Trinajstić information content (AvgIpc) is 2.23. The van der Waals surface area contributed by atoms with Gasteiger partial charge in [-0.1, -0.05) is 18.2 Å². The Morgan fingerprint density at radius 3 is 2.53 bits per heavy atom. The van der Waals surface area contributed by atoms with E-state index in [2.05, 4.69) is 10.1 Å². The summed E-state index contributed by atoms with van der Waals surface area (Å²) in [6.07, 6.45) is -6.35. The number of nitro groups is 1. The molecule has 0 aromatic heterocycles. The maximum Gasteiger partial charge on any atom is 0.359 e. The number of rotatable bonds is 4. The highest BCUT2D eigenvalue weighted by molar-refractivity contribution is 5.43. The van der Waals surface area contributed by atoms with Crippen LogP contribution in [-0.2, 0) is 4.74 Å². The van der Waals surface area contributed by atoms with Crippen molar-refractivity contribution in [1.82, 2.24) is 0 Å². The zero-order valence-electron chi connectivity index (χ0n) is 8.68. The van der Waals surface area contributed by atoms with Gasteiger partial charge < -0.3 is 10.1 Å². The number of ether oxygens (including phenoxy) is 1. The number of anilines is 1. The number of alkyl halides is 2. The summed E-state index contributed by atoms with van der Waals surface area (Å²) in [6.45, 7) is 0. The molecule has 1 aliphatic heterocycles. The van der Waals surface area contributed by atoms with Gasteiger partial charge in [-0.15, -0.1) is 0 Å². The van der Waals surface area contributed by atoms with E-state index in [9.17, 15) is 18.9 Å². The molecule has 1 aromatic carbocycles. The van der Waals surface area contributed by atoms with Crippen LogP contribution in [-0.4, -0.2) is 23.3 Å². The Bertz CT molecular complexity index is 405. The second kappa shape index (κ2) is 4.25. The maximum atomic E-state index is 12.5. The minimum absolute atomic E-state index is 0.494. The highest BCUT2D eigenvalue weighted by Gasteiger charge is 2.54. The van der Waals surface area contributed by atoms with Gasteiger partial charge in [-0.2, -0.15) is 8.78 Å². The normalized spacial score (nSPS) is 23.5. The number of hydrogen-bond donors (Lipinski definition) is 1. The quantitative estimate of drug-likeness (QED) is 0.500. The molecule has 7 heteroatoms. The lowest BCUT2D eigenvalue weighted by atomic mass is 10.1. The molecule has 17 heavy (non-hydrogen) atoms. The average molecular weight is 244 g/mol. The van der Waals surface area contributed by atoms with Crippen molar-refractivity contribution in [3.63, 3.8) is 0 Å². The molecule has 1 aliphatic rings. The molecule has 2 atom stereocenters. The Kier molecular flexibility index (Phi) is 2.93. The van der Waals surface area contributed by atoms with Gasteiger partial charge in [0.05, 0.1) is 6.42 Å². The molecule has 5 nitrogen and oxygen atoms in total. The molecule has 2 rings (SSSR count). The van der Waals surface area contributed by atoms with Gasteiger partial charge in [0.2, 0.25) is 0 Å². The molecule has 1 N–H and O–H groups in total. The second-order valence-electron chi connectivity index (χ2n) is 3.74. The summed E-state index contributed by atoms with van der Waals surface area (Å²) in [5, 5.41) is 13.3. The zero-order chi connectivity index (χ0) is 12.5. The summed E-state index contributed by atoms with van der Waals surface area (Å²) in [7, 11) is 0. The van der Waals surface area contributed by atoms with E-state index >= 15 is 0 Å². The number of nitrogens with zero attached hydrogens (tertiary/aromatic N) is 1. The van der Waals surface area contributed by atoms with Crippen molar-refractivity contribution in [3.05, 3.63) is 40.4 Å². The van der Waals surface area contributed by atoms with Crippen LogP contribution in [0.3, 0.4) is 0 Å². The lowest BCUT2D eigenvalue weighted by Gasteiger charge is -2.36. The Labute approximate surface area is 95.5 Å². The van der Waals surface area contributed by atoms with Crippen LogP contribution in [0.2, 0.25) is 0 Å². The largest absolute Gasteiger partial charge is 0.359 e. The molecule has 0 aliphatic carbocycles. The van der Waals surface area contributed by atoms with E-state index < -0.39 is 29.7 Å². The zero-order valence-corrected chi connectivity index (χ0v) is 8.68. The molecule has 0 saturated carbocycles. The van der Waals surface area contributed by atoms with Gasteiger partial charge in [0.1, 0.15) is 0 Å². The van der Waals surface area contributed by atoms with Crippen LogP contribution in [0.4, 0.5) is 14.5 Å². The van der Waals surface area contributed by atoms with E-state index in [1.54, 1.807) is 30.3 Å². The fourth-order valence-electron chi connectivity index (χ4n) is 1.61. The standard InChI is InChI=1S/C10H10F2N2O3/c11-10(12)6-8(17-10)9(14(15)16)13-7-4-2-1-3-5-7/h1-5,8-9,13H,6H2. The summed E-state index contributed by atoms with van der Waals surface area (Å²) in [5.74, 6) is 0. The first-order valence-electron chi connectivity index (χ1n) is 4.99. The first kappa shape index (κ1) is 11.7. The van der Waals surface area contributed by atoms with Crippen molar-refractivity contribution in [2.45, 2.75) is 24.8 Å². The van der Waals surface area contributed by atoms with E-state index in [0.717, 1.165) is 0 Å². The van der Waals surface area contributed by atoms with Gasteiger partial charge in [0, 0.05) is 10.6 Å². The molecule has 2 unspecified atom stereocenters. The third kappa shape index (κ3) is 2.68. The van der Waals surface area contributed by atoms with Crippen LogP contribution in [0.1, 0.15) is 6.42 Å². The molecule has 1 aromatic rings. The minimum Gasteiger partial charge on any atom is -0.321 e. The lowest BCUT2D eigenvalue weighted by Crippen LogP contribution is -2.55. The SMILES string of the molecule is O=[N+]([O-])C(Nc1ccccc1)C1CC(F)(F)O1. The van der Waals surface area contributed by atoms with Crippen molar-refractivity contribution in [2.24, 2.45) is 0 Å². The fourth-order valence-corrected chi connectivity index (χ4v) is 1.61. The molecular weight excluding hydrogens is 234 g/mol. The van der Waals surface area contributed by atoms with Gasteiger partial charge in [0.15, 0.2) is 6.10 Å². The second-order valence-corrected chi connectivity index (χ2v) is 3.74. The van der Waals surface area contributed by atoms with Gasteiger partial charge in [-0.3, -0.25) is 10.1 Å². The van der Waals surface area contributed by atoms with Crippen molar-refractivity contribution >= 4 is 5.69 Å². The van der Waals surface area contributed by atoms with Gasteiger partial charge in [0.25, 0.3) is 0 Å². The fraction of sp³-hybridized carbons (Fsp3) is 0.400. The van der Waals surface area contributed by atoms with Crippen LogP contribution in [0.25, 0.3) is 0 Å². The first-order valence-corrected chi connectivity index (χ1v) is 4.99. The minimum atomic E-state index is -3.24. The number of hydrogen-bond acceptors (Lipinski definition) is 4. The number of halogens is 2. The Morgan fingerprint density at radius 2 is 2.06 bits per heavy atom. The molecule has 1 fully saturated rings. The third-order valence-electron chi connectivity index (χ3n) is 2.43. The molecule has 0 amide bonds. The first-order chi connectivity index (χ1) is 7.98.